The predicted octanol–water partition coefficient (Wildman–Crippen LogP) is 2.73. The lowest BCUT2D eigenvalue weighted by molar-refractivity contribution is 1.30. The first kappa shape index (κ1) is 11.4. The highest BCUT2D eigenvalue weighted by Gasteiger charge is 1.78. The van der Waals surface area contributed by atoms with E-state index < -0.39 is 0 Å². The summed E-state index contributed by atoms with van der Waals surface area (Å²) >= 11 is 5.36. The van der Waals surface area contributed by atoms with Crippen LogP contribution in [-0.2, 0) is 0 Å². The van der Waals surface area contributed by atoms with Crippen LogP contribution >= 0.6 is 24.6 Å². The monoisotopic (exact) mass is 197 g/mol. The van der Waals surface area contributed by atoms with Crippen molar-refractivity contribution in [1.82, 2.24) is 0 Å². The molecule has 0 aliphatic carbocycles. The molecule has 0 radical (unpaired) electrons. The van der Waals surface area contributed by atoms with Gasteiger partial charge in [-0.1, -0.05) is 12.2 Å². The van der Waals surface area contributed by atoms with E-state index in [1.165, 1.54) is 11.9 Å². The maximum Gasteiger partial charge on any atom is 0.0351 e. The Morgan fingerprint density at radius 2 is 2.25 bits per heavy atom. The SMILES string of the molecule is C#CCCS\N=C/C=C\C=C\S. The summed E-state index contributed by atoms with van der Waals surface area (Å²) in [6, 6.07) is 0. The Balaban J connectivity index is 3.32. The molecule has 0 fully saturated rings. The molecule has 0 aromatic heterocycles. The van der Waals surface area contributed by atoms with Crippen molar-refractivity contribution < 1.29 is 0 Å². The summed E-state index contributed by atoms with van der Waals surface area (Å²) in [5.41, 5.74) is 0. The largest absolute Gasteiger partial charge is 0.225 e. The molecule has 0 aliphatic heterocycles. The molecule has 64 valence electrons. The quantitative estimate of drug-likeness (QED) is 0.178. The van der Waals surface area contributed by atoms with Gasteiger partial charge in [0.15, 0.2) is 0 Å². The van der Waals surface area contributed by atoms with Crippen LogP contribution in [0.3, 0.4) is 0 Å². The zero-order valence-corrected chi connectivity index (χ0v) is 8.39. The molecule has 0 spiro atoms. The van der Waals surface area contributed by atoms with Crippen LogP contribution in [0.25, 0.3) is 0 Å². The van der Waals surface area contributed by atoms with Gasteiger partial charge in [0, 0.05) is 18.4 Å². The number of nitrogens with zero attached hydrogens (tertiary/aromatic N) is 1. The summed E-state index contributed by atoms with van der Waals surface area (Å²) in [6.45, 7) is 0. The van der Waals surface area contributed by atoms with Gasteiger partial charge in [0.1, 0.15) is 0 Å². The third-order valence-electron chi connectivity index (χ3n) is 0.867. The van der Waals surface area contributed by atoms with Crippen molar-refractivity contribution >= 4 is 30.8 Å². The molecule has 0 rings (SSSR count). The average molecular weight is 197 g/mol. The summed E-state index contributed by atoms with van der Waals surface area (Å²) in [6.07, 6.45) is 13.1. The Morgan fingerprint density at radius 1 is 1.42 bits per heavy atom. The molecule has 0 atom stereocenters. The van der Waals surface area contributed by atoms with Crippen LogP contribution in [-0.4, -0.2) is 12.0 Å². The highest BCUT2D eigenvalue weighted by atomic mass is 32.2. The lowest BCUT2D eigenvalue weighted by Crippen LogP contribution is -1.70. The lowest BCUT2D eigenvalue weighted by atomic mass is 10.5. The van der Waals surface area contributed by atoms with Gasteiger partial charge in [-0.05, 0) is 23.4 Å². The Hall–Kier alpha value is -0.590. The summed E-state index contributed by atoms with van der Waals surface area (Å²) in [5, 5.41) is 1.66. The Labute approximate surface area is 83.6 Å². The number of thiol groups is 1. The molecule has 0 saturated heterocycles. The predicted molar refractivity (Wildman–Crippen MR) is 61.7 cm³/mol. The first-order chi connectivity index (χ1) is 5.91. The maximum absolute atomic E-state index is 5.06. The van der Waals surface area contributed by atoms with Crippen molar-refractivity contribution in [3.8, 4) is 12.3 Å². The third kappa shape index (κ3) is 9.41. The van der Waals surface area contributed by atoms with Crippen LogP contribution in [0, 0.1) is 12.3 Å². The fraction of sp³-hybridized carbons (Fsp3) is 0.222. The van der Waals surface area contributed by atoms with E-state index >= 15 is 0 Å². The summed E-state index contributed by atoms with van der Waals surface area (Å²) < 4.78 is 4.03. The van der Waals surface area contributed by atoms with Crippen molar-refractivity contribution in [1.29, 1.82) is 0 Å². The maximum atomic E-state index is 5.06. The second kappa shape index (κ2) is 10.4. The van der Waals surface area contributed by atoms with Crippen LogP contribution in [0.4, 0.5) is 0 Å². The van der Waals surface area contributed by atoms with Crippen LogP contribution in [0.15, 0.2) is 28.0 Å². The van der Waals surface area contributed by atoms with E-state index in [0.717, 1.165) is 12.2 Å². The third-order valence-corrected chi connectivity index (χ3v) is 1.70. The van der Waals surface area contributed by atoms with Crippen LogP contribution < -0.4 is 0 Å². The van der Waals surface area contributed by atoms with E-state index in [0.29, 0.717) is 0 Å². The van der Waals surface area contributed by atoms with Crippen molar-refractivity contribution in [2.75, 3.05) is 5.75 Å². The number of hydrogen-bond donors (Lipinski definition) is 1. The minimum atomic E-state index is 0.766. The fourth-order valence-electron chi connectivity index (χ4n) is 0.399. The Kier molecular flexibility index (Phi) is 9.90. The number of terminal acetylenes is 1. The molecular weight excluding hydrogens is 186 g/mol. The van der Waals surface area contributed by atoms with Gasteiger partial charge in [-0.15, -0.1) is 12.3 Å². The fourth-order valence-corrected chi connectivity index (χ4v) is 0.969. The van der Waals surface area contributed by atoms with E-state index in [1.807, 2.05) is 18.2 Å². The molecule has 0 aliphatic rings. The van der Waals surface area contributed by atoms with Gasteiger partial charge in [0.25, 0.3) is 0 Å². The molecule has 0 bridgehead atoms. The van der Waals surface area contributed by atoms with E-state index in [1.54, 1.807) is 11.6 Å². The first-order valence-electron chi connectivity index (χ1n) is 3.46. The lowest BCUT2D eigenvalue weighted by Gasteiger charge is -1.84. The first-order valence-corrected chi connectivity index (χ1v) is 4.92. The van der Waals surface area contributed by atoms with E-state index in [9.17, 15) is 0 Å². The normalized spacial score (nSPS) is 11.7. The van der Waals surface area contributed by atoms with Crippen LogP contribution in [0.1, 0.15) is 6.42 Å². The van der Waals surface area contributed by atoms with E-state index in [4.69, 9.17) is 6.42 Å². The van der Waals surface area contributed by atoms with Gasteiger partial charge in [-0.3, -0.25) is 0 Å². The van der Waals surface area contributed by atoms with E-state index in [2.05, 4.69) is 22.9 Å². The van der Waals surface area contributed by atoms with Gasteiger partial charge in [0.2, 0.25) is 0 Å². The smallest absolute Gasteiger partial charge is 0.0351 e. The van der Waals surface area contributed by atoms with Crippen molar-refractivity contribution in [2.24, 2.45) is 4.40 Å². The second-order valence-electron chi connectivity index (χ2n) is 1.77. The second-order valence-corrected chi connectivity index (χ2v) is 2.94. The molecule has 0 saturated carbocycles. The molecule has 0 unspecified atom stereocenters. The van der Waals surface area contributed by atoms with E-state index in [-0.39, 0.29) is 0 Å². The van der Waals surface area contributed by atoms with Gasteiger partial charge in [-0.25, -0.2) is 4.40 Å². The molecule has 1 nitrogen and oxygen atoms in total. The van der Waals surface area contributed by atoms with Crippen molar-refractivity contribution in [2.45, 2.75) is 6.42 Å². The molecule has 0 aromatic carbocycles. The summed E-state index contributed by atoms with van der Waals surface area (Å²) in [7, 11) is 0. The van der Waals surface area contributed by atoms with Gasteiger partial charge in [-0.2, -0.15) is 12.6 Å². The van der Waals surface area contributed by atoms with Crippen LogP contribution in [0.5, 0.6) is 0 Å². The molecule has 3 heteroatoms. The molecule has 0 amide bonds. The minimum Gasteiger partial charge on any atom is -0.225 e. The highest BCUT2D eigenvalue weighted by molar-refractivity contribution is 7.98. The Morgan fingerprint density at radius 3 is 2.92 bits per heavy atom. The van der Waals surface area contributed by atoms with Gasteiger partial charge in [0.05, 0.1) is 0 Å². The number of hydrogen-bond acceptors (Lipinski definition) is 3. The molecular formula is C9H11NS2. The average Bonchev–Trinajstić information content (AvgIpc) is 2.10. The highest BCUT2D eigenvalue weighted by Crippen LogP contribution is 2.01. The molecule has 0 aromatic rings. The van der Waals surface area contributed by atoms with Gasteiger partial charge < -0.3 is 0 Å². The minimum absolute atomic E-state index is 0.766. The van der Waals surface area contributed by atoms with Crippen molar-refractivity contribution in [3.63, 3.8) is 0 Å². The topological polar surface area (TPSA) is 12.4 Å². The summed E-state index contributed by atoms with van der Waals surface area (Å²) in [4.78, 5) is 0. The standard InChI is InChI=1S/C9H11NS2/c1-2-3-9-12-10-7-5-4-6-8-11/h1,4-8,11H,3,9H2/b5-4-,8-6+,10-7-. The van der Waals surface area contributed by atoms with Crippen LogP contribution in [0.2, 0.25) is 0 Å². The van der Waals surface area contributed by atoms with Crippen molar-refractivity contribution in [3.05, 3.63) is 23.6 Å². The summed E-state index contributed by atoms with van der Waals surface area (Å²) in [5.74, 6) is 3.42. The molecule has 12 heavy (non-hydrogen) atoms. The number of allylic oxidation sites excluding steroid dienone is 3. The number of rotatable bonds is 5. The molecule has 0 N–H and O–H groups in total. The Bertz CT molecular complexity index is 211. The zero-order chi connectivity index (χ0) is 9.07. The van der Waals surface area contributed by atoms with Gasteiger partial charge >= 0.3 is 0 Å². The zero-order valence-electron chi connectivity index (χ0n) is 6.68. The molecule has 0 heterocycles.